The van der Waals surface area contributed by atoms with Crippen LogP contribution in [0.15, 0.2) is 17.4 Å². The van der Waals surface area contributed by atoms with Crippen LogP contribution in [0, 0.1) is 0 Å². The molecule has 0 aliphatic carbocycles. The molecule has 0 aromatic carbocycles. The minimum absolute atomic E-state index is 0.334. The third-order valence-corrected chi connectivity index (χ3v) is 0.464. The van der Waals surface area contributed by atoms with Crippen molar-refractivity contribution in [2.24, 2.45) is 11.0 Å². The van der Waals surface area contributed by atoms with Crippen molar-refractivity contribution in [2.45, 2.75) is 0 Å². The van der Waals surface area contributed by atoms with Gasteiger partial charge in [-0.05, 0) is 5.53 Å². The number of rotatable bonds is 3. The van der Waals surface area contributed by atoms with Crippen LogP contribution in [0.5, 0.6) is 0 Å². The Labute approximate surface area is 46.8 Å². The van der Waals surface area contributed by atoms with Crippen molar-refractivity contribution < 1.29 is 0 Å². The first-order chi connectivity index (χ1) is 3.91. The standard InChI is InChI=1S/C3H7N5/c4-6-2-1-3-7-8-5/h1-2,6H,3-4H2. The van der Waals surface area contributed by atoms with E-state index in [1.165, 1.54) is 6.20 Å². The highest BCUT2D eigenvalue weighted by atomic mass is 15.2. The van der Waals surface area contributed by atoms with Gasteiger partial charge in [0.2, 0.25) is 0 Å². The average molecular weight is 113 g/mol. The van der Waals surface area contributed by atoms with Crippen molar-refractivity contribution in [2.75, 3.05) is 6.54 Å². The second-order valence-electron chi connectivity index (χ2n) is 0.982. The van der Waals surface area contributed by atoms with E-state index in [1.807, 2.05) is 0 Å². The Morgan fingerprint density at radius 1 is 1.88 bits per heavy atom. The average Bonchev–Trinajstić information content (AvgIpc) is 1.81. The first-order valence-electron chi connectivity index (χ1n) is 2.04. The van der Waals surface area contributed by atoms with Crippen LogP contribution in [0.25, 0.3) is 10.4 Å². The lowest BCUT2D eigenvalue weighted by Crippen LogP contribution is -2.12. The summed E-state index contributed by atoms with van der Waals surface area (Å²) >= 11 is 0. The fourth-order valence-corrected chi connectivity index (χ4v) is 0.204. The molecular formula is C3H7N5. The quantitative estimate of drug-likeness (QED) is 0.181. The van der Waals surface area contributed by atoms with Crippen molar-refractivity contribution in [3.05, 3.63) is 22.7 Å². The first-order valence-corrected chi connectivity index (χ1v) is 2.04. The van der Waals surface area contributed by atoms with Crippen LogP contribution >= 0.6 is 0 Å². The van der Waals surface area contributed by atoms with E-state index in [1.54, 1.807) is 6.08 Å². The second kappa shape index (κ2) is 5.81. The summed E-state index contributed by atoms with van der Waals surface area (Å²) in [5.41, 5.74) is 10.0. The van der Waals surface area contributed by atoms with Gasteiger partial charge in [0.1, 0.15) is 0 Å². The van der Waals surface area contributed by atoms with E-state index >= 15 is 0 Å². The molecule has 0 aliphatic rings. The highest BCUT2D eigenvalue weighted by molar-refractivity contribution is 4.79. The van der Waals surface area contributed by atoms with Crippen molar-refractivity contribution >= 4 is 0 Å². The molecule has 0 fully saturated rings. The Hall–Kier alpha value is -1.19. The van der Waals surface area contributed by atoms with Crippen LogP contribution in [0.3, 0.4) is 0 Å². The number of nitrogens with one attached hydrogen (secondary N) is 1. The molecule has 0 aromatic rings. The lowest BCUT2D eigenvalue weighted by Gasteiger charge is -1.80. The number of hydrogen-bond acceptors (Lipinski definition) is 3. The molecule has 0 rings (SSSR count). The number of nitrogens with zero attached hydrogens (tertiary/aromatic N) is 3. The molecule has 5 heteroatoms. The molecule has 8 heavy (non-hydrogen) atoms. The van der Waals surface area contributed by atoms with Gasteiger partial charge in [0.05, 0.1) is 0 Å². The number of hydrazine groups is 1. The van der Waals surface area contributed by atoms with E-state index in [4.69, 9.17) is 11.4 Å². The molecule has 0 amide bonds. The lowest BCUT2D eigenvalue weighted by atomic mass is 10.6. The minimum atomic E-state index is 0.334. The normalized spacial score (nSPS) is 8.62. The molecule has 0 saturated carbocycles. The summed E-state index contributed by atoms with van der Waals surface area (Å²) in [4.78, 5) is 2.51. The Morgan fingerprint density at radius 2 is 2.62 bits per heavy atom. The molecule has 5 nitrogen and oxygen atoms in total. The Bertz CT molecular complexity index is 111. The maximum absolute atomic E-state index is 7.74. The molecule has 0 aliphatic heterocycles. The summed E-state index contributed by atoms with van der Waals surface area (Å²) in [5.74, 6) is 4.84. The van der Waals surface area contributed by atoms with E-state index in [0.717, 1.165) is 0 Å². The molecule has 0 spiro atoms. The first kappa shape index (κ1) is 6.81. The summed E-state index contributed by atoms with van der Waals surface area (Å²) in [6, 6.07) is 0. The highest BCUT2D eigenvalue weighted by Gasteiger charge is 1.64. The van der Waals surface area contributed by atoms with Gasteiger partial charge in [-0.1, -0.05) is 11.2 Å². The van der Waals surface area contributed by atoms with E-state index in [-0.39, 0.29) is 0 Å². The minimum Gasteiger partial charge on any atom is -0.332 e. The maximum atomic E-state index is 7.74. The molecule has 0 heterocycles. The van der Waals surface area contributed by atoms with E-state index in [0.29, 0.717) is 6.54 Å². The van der Waals surface area contributed by atoms with Crippen molar-refractivity contribution in [3.8, 4) is 0 Å². The van der Waals surface area contributed by atoms with E-state index < -0.39 is 0 Å². The molecule has 0 unspecified atom stereocenters. The van der Waals surface area contributed by atoms with Gasteiger partial charge in [-0.15, -0.1) is 0 Å². The van der Waals surface area contributed by atoms with Gasteiger partial charge < -0.3 is 5.43 Å². The largest absolute Gasteiger partial charge is 0.332 e. The van der Waals surface area contributed by atoms with Gasteiger partial charge in [0, 0.05) is 17.7 Å². The third kappa shape index (κ3) is 4.81. The topological polar surface area (TPSA) is 86.8 Å². The van der Waals surface area contributed by atoms with Gasteiger partial charge in [-0.3, -0.25) is 5.84 Å². The monoisotopic (exact) mass is 113 g/mol. The summed E-state index contributed by atoms with van der Waals surface area (Å²) in [6.07, 6.45) is 3.11. The summed E-state index contributed by atoms with van der Waals surface area (Å²) in [7, 11) is 0. The molecule has 3 N–H and O–H groups in total. The fraction of sp³-hybridized carbons (Fsp3) is 0.333. The predicted molar refractivity (Wildman–Crippen MR) is 30.5 cm³/mol. The fourth-order valence-electron chi connectivity index (χ4n) is 0.204. The van der Waals surface area contributed by atoms with E-state index in [2.05, 4.69) is 15.5 Å². The van der Waals surface area contributed by atoms with Gasteiger partial charge in [0.15, 0.2) is 0 Å². The van der Waals surface area contributed by atoms with Crippen LogP contribution in [-0.4, -0.2) is 6.54 Å². The smallest absolute Gasteiger partial charge is 0.0457 e. The zero-order valence-electron chi connectivity index (χ0n) is 4.28. The van der Waals surface area contributed by atoms with Gasteiger partial charge in [-0.2, -0.15) is 0 Å². The Balaban J connectivity index is 3.15. The zero-order chi connectivity index (χ0) is 6.24. The van der Waals surface area contributed by atoms with Gasteiger partial charge in [-0.25, -0.2) is 0 Å². The van der Waals surface area contributed by atoms with Crippen molar-refractivity contribution in [1.29, 1.82) is 0 Å². The third-order valence-electron chi connectivity index (χ3n) is 0.464. The lowest BCUT2D eigenvalue weighted by molar-refractivity contribution is 0.958. The van der Waals surface area contributed by atoms with Crippen LogP contribution < -0.4 is 11.3 Å². The second-order valence-corrected chi connectivity index (χ2v) is 0.982. The Morgan fingerprint density at radius 3 is 3.12 bits per heavy atom. The SMILES string of the molecule is [N-]=[N+]=NCC=CNN. The molecule has 44 valence electrons. The number of hydrogen-bond donors (Lipinski definition) is 2. The number of azide groups is 1. The maximum Gasteiger partial charge on any atom is 0.0457 e. The molecular weight excluding hydrogens is 106 g/mol. The summed E-state index contributed by atoms with van der Waals surface area (Å²) < 4.78 is 0. The van der Waals surface area contributed by atoms with Crippen LogP contribution in [0.2, 0.25) is 0 Å². The molecule has 0 radical (unpaired) electrons. The Kier molecular flexibility index (Phi) is 4.95. The number of nitrogens with two attached hydrogens (primary N) is 1. The van der Waals surface area contributed by atoms with Gasteiger partial charge in [0.25, 0.3) is 0 Å². The molecule has 0 bridgehead atoms. The van der Waals surface area contributed by atoms with Crippen LogP contribution in [0.4, 0.5) is 0 Å². The molecule has 0 aromatic heterocycles. The van der Waals surface area contributed by atoms with Crippen LogP contribution in [0.1, 0.15) is 0 Å². The summed E-state index contributed by atoms with van der Waals surface area (Å²) in [5, 5.41) is 3.21. The predicted octanol–water partition coefficient (Wildman–Crippen LogP) is 0.274. The van der Waals surface area contributed by atoms with Crippen LogP contribution in [-0.2, 0) is 0 Å². The highest BCUT2D eigenvalue weighted by Crippen LogP contribution is 1.70. The van der Waals surface area contributed by atoms with Crippen molar-refractivity contribution in [1.82, 2.24) is 5.43 Å². The van der Waals surface area contributed by atoms with E-state index in [9.17, 15) is 0 Å². The summed E-state index contributed by atoms with van der Waals surface area (Å²) in [6.45, 7) is 0.334. The van der Waals surface area contributed by atoms with Gasteiger partial charge >= 0.3 is 0 Å². The molecule has 0 atom stereocenters. The molecule has 0 saturated heterocycles. The van der Waals surface area contributed by atoms with Crippen molar-refractivity contribution in [3.63, 3.8) is 0 Å². The zero-order valence-corrected chi connectivity index (χ0v) is 4.28.